The van der Waals surface area contributed by atoms with Gasteiger partial charge in [0.15, 0.2) is 0 Å². The van der Waals surface area contributed by atoms with Gasteiger partial charge >= 0.3 is 6.03 Å². The van der Waals surface area contributed by atoms with E-state index in [9.17, 15) is 9.59 Å². The SMILES string of the molecule is COc1ccc(OC)c(C2CC(c3cccs3)=NN2C(=O)CN(C)C(=O)NC(C)C)c1. The number of methoxy groups -OCH3 is 2. The number of benzene rings is 1. The first-order valence-electron chi connectivity index (χ1n) is 10.0. The van der Waals surface area contributed by atoms with Crippen molar-refractivity contribution in [2.24, 2.45) is 5.10 Å². The van der Waals surface area contributed by atoms with Gasteiger partial charge in [0.2, 0.25) is 0 Å². The molecule has 0 radical (unpaired) electrons. The van der Waals surface area contributed by atoms with Gasteiger partial charge in [-0.1, -0.05) is 6.07 Å². The van der Waals surface area contributed by atoms with Crippen molar-refractivity contribution in [3.63, 3.8) is 0 Å². The van der Waals surface area contributed by atoms with Crippen LogP contribution in [0.15, 0.2) is 40.8 Å². The highest BCUT2D eigenvalue weighted by atomic mass is 32.1. The van der Waals surface area contributed by atoms with Gasteiger partial charge in [-0.2, -0.15) is 5.10 Å². The molecule has 3 amide bonds. The van der Waals surface area contributed by atoms with E-state index in [2.05, 4.69) is 10.4 Å². The van der Waals surface area contributed by atoms with Crippen LogP contribution in [0.1, 0.15) is 36.8 Å². The van der Waals surface area contributed by atoms with Crippen molar-refractivity contribution in [1.29, 1.82) is 0 Å². The maximum Gasteiger partial charge on any atom is 0.317 e. The molecule has 8 nitrogen and oxygen atoms in total. The predicted octanol–water partition coefficient (Wildman–Crippen LogP) is 3.49. The largest absolute Gasteiger partial charge is 0.497 e. The Morgan fingerprint density at radius 3 is 2.68 bits per heavy atom. The Labute approximate surface area is 186 Å². The number of amides is 3. The average molecular weight is 445 g/mol. The Morgan fingerprint density at radius 1 is 1.29 bits per heavy atom. The standard InChI is InChI=1S/C22H28N4O4S/c1-14(2)23-22(28)25(3)13-21(27)26-18(12-17(24-26)20-7-6-10-31-20)16-11-15(29-4)8-9-19(16)30-5/h6-11,14,18H,12-13H2,1-5H3,(H,23,28). The normalized spacial score (nSPS) is 15.6. The fourth-order valence-corrected chi connectivity index (χ4v) is 4.10. The van der Waals surface area contributed by atoms with Crippen molar-refractivity contribution < 1.29 is 19.1 Å². The molecule has 2 aromatic rings. The molecule has 166 valence electrons. The average Bonchev–Trinajstić information content (AvgIpc) is 3.42. The minimum absolute atomic E-state index is 0.0194. The minimum atomic E-state index is -0.365. The van der Waals surface area contributed by atoms with Crippen LogP contribution in [-0.4, -0.2) is 61.4 Å². The topological polar surface area (TPSA) is 83.5 Å². The summed E-state index contributed by atoms with van der Waals surface area (Å²) in [4.78, 5) is 27.9. The van der Waals surface area contributed by atoms with Gasteiger partial charge < -0.3 is 19.7 Å². The first-order valence-corrected chi connectivity index (χ1v) is 10.9. The lowest BCUT2D eigenvalue weighted by Crippen LogP contribution is -2.45. The van der Waals surface area contributed by atoms with Crippen LogP contribution in [-0.2, 0) is 4.79 Å². The molecule has 0 spiro atoms. The van der Waals surface area contributed by atoms with Crippen molar-refractivity contribution in [3.05, 3.63) is 46.2 Å². The van der Waals surface area contributed by atoms with Crippen LogP contribution >= 0.6 is 11.3 Å². The summed E-state index contributed by atoms with van der Waals surface area (Å²) in [6.07, 6.45) is 0.539. The van der Waals surface area contributed by atoms with Crippen molar-refractivity contribution in [2.45, 2.75) is 32.4 Å². The van der Waals surface area contributed by atoms with Gasteiger partial charge in [0.25, 0.3) is 5.91 Å². The predicted molar refractivity (Wildman–Crippen MR) is 121 cm³/mol. The number of carbonyl (C=O) groups is 2. The second-order valence-corrected chi connectivity index (χ2v) is 8.50. The van der Waals surface area contributed by atoms with E-state index >= 15 is 0 Å². The highest BCUT2D eigenvalue weighted by molar-refractivity contribution is 7.12. The van der Waals surface area contributed by atoms with Gasteiger partial charge in [-0.3, -0.25) is 4.79 Å². The van der Waals surface area contributed by atoms with Crippen molar-refractivity contribution in [1.82, 2.24) is 15.2 Å². The van der Waals surface area contributed by atoms with Crippen molar-refractivity contribution in [2.75, 3.05) is 27.8 Å². The zero-order chi connectivity index (χ0) is 22.5. The van der Waals surface area contributed by atoms with E-state index in [4.69, 9.17) is 9.47 Å². The molecule has 0 aliphatic carbocycles. The van der Waals surface area contributed by atoms with Gasteiger partial charge in [-0.25, -0.2) is 9.80 Å². The van der Waals surface area contributed by atoms with E-state index in [-0.39, 0.29) is 30.6 Å². The molecule has 31 heavy (non-hydrogen) atoms. The molecule has 0 bridgehead atoms. The van der Waals surface area contributed by atoms with Crippen LogP contribution in [0.4, 0.5) is 4.79 Å². The lowest BCUT2D eigenvalue weighted by Gasteiger charge is -2.26. The first kappa shape index (κ1) is 22.6. The second kappa shape index (κ2) is 9.82. The Morgan fingerprint density at radius 2 is 2.06 bits per heavy atom. The minimum Gasteiger partial charge on any atom is -0.497 e. The van der Waals surface area contributed by atoms with Gasteiger partial charge in [0, 0.05) is 25.1 Å². The molecule has 1 aromatic heterocycles. The van der Waals surface area contributed by atoms with E-state index in [1.54, 1.807) is 32.6 Å². The number of urea groups is 1. The molecule has 1 unspecified atom stereocenters. The summed E-state index contributed by atoms with van der Waals surface area (Å²) >= 11 is 1.58. The summed E-state index contributed by atoms with van der Waals surface area (Å²) in [5, 5.41) is 10.9. The maximum absolute atomic E-state index is 13.2. The molecule has 0 saturated heterocycles. The Balaban J connectivity index is 1.91. The Kier molecular flexibility index (Phi) is 7.17. The molecular formula is C22H28N4O4S. The van der Waals surface area contributed by atoms with Crippen LogP contribution in [0.25, 0.3) is 0 Å². The molecule has 1 atom stereocenters. The fourth-order valence-electron chi connectivity index (χ4n) is 3.38. The molecule has 3 rings (SSSR count). The molecule has 0 saturated carbocycles. The molecule has 1 aliphatic rings. The first-order chi connectivity index (χ1) is 14.8. The quantitative estimate of drug-likeness (QED) is 0.709. The third-order valence-corrected chi connectivity index (χ3v) is 5.82. The number of likely N-dealkylation sites (N-methyl/N-ethyl adjacent to an activating group) is 1. The van der Waals surface area contributed by atoms with E-state index in [0.717, 1.165) is 16.2 Å². The third-order valence-electron chi connectivity index (χ3n) is 4.90. The lowest BCUT2D eigenvalue weighted by atomic mass is 9.99. The smallest absolute Gasteiger partial charge is 0.317 e. The third kappa shape index (κ3) is 5.16. The fraction of sp³-hybridized carbons (Fsp3) is 0.409. The number of hydrogen-bond acceptors (Lipinski definition) is 6. The van der Waals surface area contributed by atoms with E-state index in [1.165, 1.54) is 9.91 Å². The molecule has 2 heterocycles. The zero-order valence-electron chi connectivity index (χ0n) is 18.4. The number of nitrogens with zero attached hydrogens (tertiary/aromatic N) is 3. The van der Waals surface area contributed by atoms with Crippen LogP contribution in [0.5, 0.6) is 11.5 Å². The number of nitrogens with one attached hydrogen (secondary N) is 1. The van der Waals surface area contributed by atoms with Gasteiger partial charge in [-0.15, -0.1) is 11.3 Å². The molecule has 9 heteroatoms. The molecular weight excluding hydrogens is 416 g/mol. The van der Waals surface area contributed by atoms with Gasteiger partial charge in [0.1, 0.15) is 18.0 Å². The lowest BCUT2D eigenvalue weighted by molar-refractivity contribution is -0.133. The highest BCUT2D eigenvalue weighted by Gasteiger charge is 2.36. The van der Waals surface area contributed by atoms with Crippen LogP contribution in [0.3, 0.4) is 0 Å². The number of thiophene rings is 1. The number of hydrazone groups is 1. The van der Waals surface area contributed by atoms with Gasteiger partial charge in [-0.05, 0) is 43.5 Å². The number of hydrogen-bond donors (Lipinski definition) is 1. The van der Waals surface area contributed by atoms with E-state index in [0.29, 0.717) is 17.9 Å². The summed E-state index contributed by atoms with van der Waals surface area (Å²) in [7, 11) is 4.78. The van der Waals surface area contributed by atoms with Crippen LogP contribution < -0.4 is 14.8 Å². The van der Waals surface area contributed by atoms with Crippen LogP contribution in [0, 0.1) is 0 Å². The summed E-state index contributed by atoms with van der Waals surface area (Å²) in [5.41, 5.74) is 1.63. The molecule has 0 fully saturated rings. The molecule has 1 aromatic carbocycles. The van der Waals surface area contributed by atoms with E-state index in [1.807, 2.05) is 49.6 Å². The summed E-state index contributed by atoms with van der Waals surface area (Å²) in [5.74, 6) is 1.04. The number of carbonyl (C=O) groups excluding carboxylic acids is 2. The summed E-state index contributed by atoms with van der Waals surface area (Å²) in [6.45, 7) is 3.65. The maximum atomic E-state index is 13.2. The van der Waals surface area contributed by atoms with Gasteiger partial charge in [0.05, 0.1) is 30.9 Å². The Hall–Kier alpha value is -3.07. The highest BCUT2D eigenvalue weighted by Crippen LogP contribution is 2.39. The number of rotatable bonds is 7. The van der Waals surface area contributed by atoms with Crippen molar-refractivity contribution in [3.8, 4) is 11.5 Å². The van der Waals surface area contributed by atoms with Crippen LogP contribution in [0.2, 0.25) is 0 Å². The second-order valence-electron chi connectivity index (χ2n) is 7.55. The Bertz CT molecular complexity index is 958. The monoisotopic (exact) mass is 444 g/mol. The van der Waals surface area contributed by atoms with Crippen molar-refractivity contribution >= 4 is 29.0 Å². The van der Waals surface area contributed by atoms with E-state index < -0.39 is 0 Å². The summed E-state index contributed by atoms with van der Waals surface area (Å²) < 4.78 is 10.9. The zero-order valence-corrected chi connectivity index (χ0v) is 19.2. The number of ether oxygens (including phenoxy) is 2. The summed E-state index contributed by atoms with van der Waals surface area (Å²) in [6, 6.07) is 8.76. The molecule has 1 N–H and O–H groups in total. The molecule has 1 aliphatic heterocycles.